The van der Waals surface area contributed by atoms with Crippen molar-refractivity contribution in [3.63, 3.8) is 0 Å². The number of aryl methyl sites for hydroxylation is 6. The Morgan fingerprint density at radius 3 is 0.882 bits per heavy atom. The number of anilines is 3. The van der Waals surface area contributed by atoms with Crippen LogP contribution in [0.25, 0.3) is 0 Å². The molecule has 4 nitrogen and oxygen atoms in total. The first-order chi connectivity index (χ1) is 16.3. The summed E-state index contributed by atoms with van der Waals surface area (Å²) in [4.78, 5) is 2.53. The average Bonchev–Trinajstić information content (AvgIpc) is 2.71. The van der Waals surface area contributed by atoms with Crippen molar-refractivity contribution in [1.82, 2.24) is 4.90 Å². The van der Waals surface area contributed by atoms with Gasteiger partial charge in [-0.3, -0.25) is 4.90 Å². The van der Waals surface area contributed by atoms with Gasteiger partial charge in [-0.2, -0.15) is 0 Å². The SMILES string of the molecule is Cc1cc(C)cc(NCCN(CCNc2cc(C)cc(C)c2)CCNc2cc(C)cc(C)c2)c1. The zero-order chi connectivity index (χ0) is 24.5. The first kappa shape index (κ1) is 25.6. The zero-order valence-corrected chi connectivity index (χ0v) is 21.9. The van der Waals surface area contributed by atoms with Crippen LogP contribution in [0.5, 0.6) is 0 Å². The number of rotatable bonds is 12. The van der Waals surface area contributed by atoms with Crippen molar-refractivity contribution in [3.8, 4) is 0 Å². The third kappa shape index (κ3) is 8.75. The lowest BCUT2D eigenvalue weighted by Gasteiger charge is -2.24. The molecule has 0 aromatic heterocycles. The number of hydrogen-bond donors (Lipinski definition) is 3. The molecule has 0 aliphatic rings. The lowest BCUT2D eigenvalue weighted by atomic mass is 10.1. The Balaban J connectivity index is 1.54. The van der Waals surface area contributed by atoms with Crippen molar-refractivity contribution in [2.45, 2.75) is 41.5 Å². The zero-order valence-electron chi connectivity index (χ0n) is 21.9. The van der Waals surface area contributed by atoms with Crippen LogP contribution in [0.15, 0.2) is 54.6 Å². The molecule has 3 aromatic rings. The first-order valence-electron chi connectivity index (χ1n) is 12.5. The molecule has 0 amide bonds. The second-order valence-corrected chi connectivity index (χ2v) is 9.75. The van der Waals surface area contributed by atoms with E-state index in [4.69, 9.17) is 0 Å². The van der Waals surface area contributed by atoms with E-state index < -0.39 is 0 Å². The van der Waals surface area contributed by atoms with Gasteiger partial charge in [0.25, 0.3) is 0 Å². The standard InChI is InChI=1S/C30H42N4/c1-22-13-23(2)17-28(16-22)31-7-10-34(11-8-32-29-18-24(3)14-25(4)19-29)12-9-33-30-20-26(5)15-27(6)21-30/h13-21,31-33H,7-12H2,1-6H3. The molecule has 0 atom stereocenters. The first-order valence-corrected chi connectivity index (χ1v) is 12.5. The van der Waals surface area contributed by atoms with Crippen molar-refractivity contribution < 1.29 is 0 Å². The Labute approximate surface area is 206 Å². The van der Waals surface area contributed by atoms with E-state index in [-0.39, 0.29) is 0 Å². The minimum absolute atomic E-state index is 0.927. The van der Waals surface area contributed by atoms with E-state index >= 15 is 0 Å². The monoisotopic (exact) mass is 458 g/mol. The van der Waals surface area contributed by atoms with E-state index in [2.05, 4.69) is 117 Å². The van der Waals surface area contributed by atoms with Gasteiger partial charge in [-0.25, -0.2) is 0 Å². The molecule has 3 aromatic carbocycles. The van der Waals surface area contributed by atoms with Crippen LogP contribution < -0.4 is 16.0 Å². The minimum atomic E-state index is 0.927. The highest BCUT2D eigenvalue weighted by molar-refractivity contribution is 5.50. The maximum Gasteiger partial charge on any atom is 0.0345 e. The van der Waals surface area contributed by atoms with Crippen LogP contribution in [-0.2, 0) is 0 Å². The summed E-state index contributed by atoms with van der Waals surface area (Å²) in [5, 5.41) is 10.9. The van der Waals surface area contributed by atoms with Crippen molar-refractivity contribution >= 4 is 17.1 Å². The summed E-state index contributed by atoms with van der Waals surface area (Å²) < 4.78 is 0. The van der Waals surface area contributed by atoms with E-state index in [0.29, 0.717) is 0 Å². The molecule has 0 spiro atoms. The molecule has 0 saturated heterocycles. The summed E-state index contributed by atoms with van der Waals surface area (Å²) in [7, 11) is 0. The fourth-order valence-corrected chi connectivity index (χ4v) is 4.64. The highest BCUT2D eigenvalue weighted by Crippen LogP contribution is 2.15. The fraction of sp³-hybridized carbons (Fsp3) is 0.400. The number of benzene rings is 3. The molecule has 3 N–H and O–H groups in total. The molecule has 0 radical (unpaired) electrons. The normalized spacial score (nSPS) is 11.0. The Morgan fingerprint density at radius 1 is 0.412 bits per heavy atom. The van der Waals surface area contributed by atoms with E-state index in [1.807, 2.05) is 0 Å². The van der Waals surface area contributed by atoms with Crippen molar-refractivity contribution in [2.24, 2.45) is 0 Å². The summed E-state index contributed by atoms with van der Waals surface area (Å²) in [6.45, 7) is 18.7. The topological polar surface area (TPSA) is 39.3 Å². The summed E-state index contributed by atoms with van der Waals surface area (Å²) >= 11 is 0. The maximum absolute atomic E-state index is 3.62. The Hall–Kier alpha value is -2.98. The fourth-order valence-electron chi connectivity index (χ4n) is 4.64. The predicted molar refractivity (Wildman–Crippen MR) is 150 cm³/mol. The summed E-state index contributed by atoms with van der Waals surface area (Å²) in [6.07, 6.45) is 0. The molecule has 34 heavy (non-hydrogen) atoms. The third-order valence-electron chi connectivity index (χ3n) is 5.94. The molecule has 0 aliphatic heterocycles. The third-order valence-corrected chi connectivity index (χ3v) is 5.94. The lowest BCUT2D eigenvalue weighted by molar-refractivity contribution is 0.306. The molecule has 0 heterocycles. The van der Waals surface area contributed by atoms with Crippen LogP contribution in [0.1, 0.15) is 33.4 Å². The quantitative estimate of drug-likeness (QED) is 0.291. The van der Waals surface area contributed by atoms with E-state index in [9.17, 15) is 0 Å². The van der Waals surface area contributed by atoms with Crippen LogP contribution in [0, 0.1) is 41.5 Å². The molecule has 0 fully saturated rings. The number of nitrogens with zero attached hydrogens (tertiary/aromatic N) is 1. The summed E-state index contributed by atoms with van der Waals surface area (Å²) in [6, 6.07) is 20.0. The largest absolute Gasteiger partial charge is 0.384 e. The number of hydrogen-bond acceptors (Lipinski definition) is 4. The molecule has 182 valence electrons. The molecule has 0 saturated carbocycles. The highest BCUT2D eigenvalue weighted by Gasteiger charge is 2.06. The maximum atomic E-state index is 3.62. The van der Waals surface area contributed by atoms with Gasteiger partial charge in [0, 0.05) is 56.3 Å². The minimum Gasteiger partial charge on any atom is -0.384 e. The van der Waals surface area contributed by atoms with Crippen molar-refractivity contribution in [3.05, 3.63) is 88.0 Å². The van der Waals surface area contributed by atoms with Crippen LogP contribution in [0.4, 0.5) is 17.1 Å². The second kappa shape index (κ2) is 12.5. The average molecular weight is 459 g/mol. The van der Waals surface area contributed by atoms with E-state index in [0.717, 1.165) is 39.3 Å². The Morgan fingerprint density at radius 2 is 0.647 bits per heavy atom. The van der Waals surface area contributed by atoms with E-state index in [1.54, 1.807) is 0 Å². The van der Waals surface area contributed by atoms with Crippen LogP contribution in [-0.4, -0.2) is 44.2 Å². The van der Waals surface area contributed by atoms with Gasteiger partial charge in [0.2, 0.25) is 0 Å². The highest BCUT2D eigenvalue weighted by atomic mass is 15.2. The van der Waals surface area contributed by atoms with Crippen molar-refractivity contribution in [2.75, 3.05) is 55.2 Å². The van der Waals surface area contributed by atoms with Gasteiger partial charge < -0.3 is 16.0 Å². The lowest BCUT2D eigenvalue weighted by Crippen LogP contribution is -2.36. The van der Waals surface area contributed by atoms with Gasteiger partial charge in [0.1, 0.15) is 0 Å². The molecular formula is C30H42N4. The Kier molecular flexibility index (Phi) is 9.41. The molecule has 0 unspecified atom stereocenters. The predicted octanol–water partition coefficient (Wildman–Crippen LogP) is 6.48. The molecule has 3 rings (SSSR count). The molecule has 0 bridgehead atoms. The second-order valence-electron chi connectivity index (χ2n) is 9.75. The van der Waals surface area contributed by atoms with Crippen LogP contribution in [0.2, 0.25) is 0 Å². The van der Waals surface area contributed by atoms with Gasteiger partial charge in [-0.15, -0.1) is 0 Å². The Bertz CT molecular complexity index is 876. The van der Waals surface area contributed by atoms with Crippen LogP contribution >= 0.6 is 0 Å². The summed E-state index contributed by atoms with van der Waals surface area (Å²) in [5.41, 5.74) is 11.4. The molecule has 4 heteroatoms. The van der Waals surface area contributed by atoms with Gasteiger partial charge in [-0.1, -0.05) is 18.2 Å². The van der Waals surface area contributed by atoms with Gasteiger partial charge in [0.15, 0.2) is 0 Å². The van der Waals surface area contributed by atoms with Gasteiger partial charge in [0.05, 0.1) is 0 Å². The van der Waals surface area contributed by atoms with Crippen LogP contribution in [0.3, 0.4) is 0 Å². The molecular weight excluding hydrogens is 416 g/mol. The van der Waals surface area contributed by atoms with Crippen molar-refractivity contribution in [1.29, 1.82) is 0 Å². The summed E-state index contributed by atoms with van der Waals surface area (Å²) in [5.74, 6) is 0. The van der Waals surface area contributed by atoms with Gasteiger partial charge >= 0.3 is 0 Å². The van der Waals surface area contributed by atoms with Gasteiger partial charge in [-0.05, 0) is 111 Å². The molecule has 0 aliphatic carbocycles. The smallest absolute Gasteiger partial charge is 0.0345 e. The van der Waals surface area contributed by atoms with E-state index in [1.165, 1.54) is 50.4 Å². The number of nitrogens with one attached hydrogen (secondary N) is 3.